The molecule has 5 rings (SSSR count). The van der Waals surface area contributed by atoms with Crippen molar-refractivity contribution in [2.45, 2.75) is 25.6 Å². The van der Waals surface area contributed by atoms with Crippen LogP contribution in [0, 0.1) is 0 Å². The summed E-state index contributed by atoms with van der Waals surface area (Å²) in [7, 11) is 1.52. The average Bonchev–Trinajstić information content (AvgIpc) is 3.15. The van der Waals surface area contributed by atoms with E-state index < -0.39 is 42.3 Å². The second kappa shape index (κ2) is 14.9. The van der Waals surface area contributed by atoms with Crippen LogP contribution in [0.2, 0.25) is 0 Å². The molecule has 4 aromatic carbocycles. The monoisotopic (exact) mass is 649 g/mol. The quantitative estimate of drug-likeness (QED) is 0.188. The molecular formula is C36H35N5O7. The predicted octanol–water partition coefficient (Wildman–Crippen LogP) is 4.38. The lowest BCUT2D eigenvalue weighted by Crippen LogP contribution is -2.44. The maximum Gasteiger partial charge on any atom is 0.322 e. The Balaban J connectivity index is 1.35. The van der Waals surface area contributed by atoms with Crippen LogP contribution in [0.15, 0.2) is 103 Å². The lowest BCUT2D eigenvalue weighted by Gasteiger charge is -2.24. The number of hydrogen-bond donors (Lipinski definition) is 4. The summed E-state index contributed by atoms with van der Waals surface area (Å²) >= 11 is 0. The number of aromatic hydroxyl groups is 1. The maximum atomic E-state index is 13.8. The summed E-state index contributed by atoms with van der Waals surface area (Å²) < 4.78 is 0. The van der Waals surface area contributed by atoms with Crippen LogP contribution in [0.5, 0.6) is 5.75 Å². The van der Waals surface area contributed by atoms with Gasteiger partial charge in [0.2, 0.25) is 11.8 Å². The molecule has 0 saturated carbocycles. The van der Waals surface area contributed by atoms with Gasteiger partial charge in [0.05, 0.1) is 23.7 Å². The molecule has 1 atom stereocenters. The summed E-state index contributed by atoms with van der Waals surface area (Å²) in [5.74, 6) is -2.67. The lowest BCUT2D eigenvalue weighted by atomic mass is 10.0. The minimum absolute atomic E-state index is 0.104. The molecule has 1 unspecified atom stereocenters. The number of benzene rings is 4. The number of hydrogen-bond acceptors (Lipinski definition) is 6. The minimum Gasteiger partial charge on any atom is -0.508 e. The first-order valence-electron chi connectivity index (χ1n) is 15.2. The Morgan fingerprint density at radius 2 is 1.48 bits per heavy atom. The molecule has 0 radical (unpaired) electrons. The number of aliphatic carboxylic acids is 1. The number of carbonyl (C=O) groups is 5. The van der Waals surface area contributed by atoms with Crippen LogP contribution in [0.4, 0.5) is 16.2 Å². The number of phenolic OH excluding ortho intramolecular Hbond substituents is 1. The molecule has 0 spiro atoms. The van der Waals surface area contributed by atoms with Crippen LogP contribution < -0.4 is 15.5 Å². The van der Waals surface area contributed by atoms with E-state index in [1.54, 1.807) is 71.6 Å². The molecule has 1 heterocycles. The second-order valence-electron chi connectivity index (χ2n) is 11.4. The number of anilines is 2. The SMILES string of the molecule is CN1C(=O)CN(CC(=O)NC(CC(=O)O)c2ccccc2)C(=O)c2cc(NC(=O)N(Cc3ccccc3)Cc3ccc(O)cc3)ccc21. The zero-order valence-electron chi connectivity index (χ0n) is 26.2. The van der Waals surface area contributed by atoms with Gasteiger partial charge in [-0.2, -0.15) is 0 Å². The zero-order valence-corrected chi connectivity index (χ0v) is 26.2. The van der Waals surface area contributed by atoms with Crippen molar-refractivity contribution in [3.8, 4) is 5.75 Å². The third kappa shape index (κ3) is 8.35. The van der Waals surface area contributed by atoms with E-state index in [9.17, 15) is 34.2 Å². The van der Waals surface area contributed by atoms with Gasteiger partial charge in [0.1, 0.15) is 18.8 Å². The Morgan fingerprint density at radius 3 is 2.12 bits per heavy atom. The highest BCUT2D eigenvalue weighted by atomic mass is 16.4. The topological polar surface area (TPSA) is 160 Å². The van der Waals surface area contributed by atoms with Crippen molar-refractivity contribution in [1.82, 2.24) is 15.1 Å². The van der Waals surface area contributed by atoms with E-state index in [4.69, 9.17) is 0 Å². The minimum atomic E-state index is -1.11. The molecule has 0 fully saturated rings. The largest absolute Gasteiger partial charge is 0.508 e. The molecule has 0 aliphatic carbocycles. The normalized spacial score (nSPS) is 13.3. The van der Waals surface area contributed by atoms with E-state index >= 15 is 0 Å². The van der Waals surface area contributed by atoms with E-state index in [0.29, 0.717) is 16.9 Å². The number of fused-ring (bicyclic) bond motifs is 1. The van der Waals surface area contributed by atoms with Gasteiger partial charge in [-0.25, -0.2) is 4.79 Å². The van der Waals surface area contributed by atoms with Gasteiger partial charge in [-0.1, -0.05) is 72.8 Å². The summed E-state index contributed by atoms with van der Waals surface area (Å²) in [6.07, 6.45) is -0.370. The van der Waals surface area contributed by atoms with Crippen LogP contribution in [0.1, 0.15) is 39.5 Å². The Kier molecular flexibility index (Phi) is 10.3. The molecule has 1 aliphatic rings. The number of carbonyl (C=O) groups excluding carboxylic acids is 4. The van der Waals surface area contributed by atoms with Crippen molar-refractivity contribution in [1.29, 1.82) is 0 Å². The van der Waals surface area contributed by atoms with Crippen molar-refractivity contribution in [3.05, 3.63) is 125 Å². The van der Waals surface area contributed by atoms with Crippen molar-refractivity contribution in [2.24, 2.45) is 0 Å². The van der Waals surface area contributed by atoms with Crippen molar-refractivity contribution >= 4 is 41.1 Å². The standard InChI is InChI=1S/C36H35N5O7/c1-39-31-17-14-27(37-36(48)41(20-24-8-4-2-5-9-24)21-25-12-15-28(42)16-13-25)18-29(31)35(47)40(23-33(39)44)22-32(43)38-30(19-34(45)46)26-10-6-3-7-11-26/h2-18,30,42H,19-23H2,1H3,(H,37,48)(H,38,43)(H,45,46). The highest BCUT2D eigenvalue weighted by molar-refractivity contribution is 6.11. The van der Waals surface area contributed by atoms with Crippen LogP contribution in [-0.4, -0.2) is 69.9 Å². The average molecular weight is 650 g/mol. The van der Waals surface area contributed by atoms with Gasteiger partial charge in [0.25, 0.3) is 5.91 Å². The van der Waals surface area contributed by atoms with E-state index in [-0.39, 0.29) is 37.4 Å². The Bertz CT molecular complexity index is 1800. The molecule has 4 N–H and O–H groups in total. The predicted molar refractivity (Wildman–Crippen MR) is 178 cm³/mol. The Labute approximate surface area is 277 Å². The number of amides is 5. The number of rotatable bonds is 11. The zero-order chi connectivity index (χ0) is 34.2. The van der Waals surface area contributed by atoms with Crippen molar-refractivity contribution in [2.75, 3.05) is 30.4 Å². The van der Waals surface area contributed by atoms with Gasteiger partial charge in [-0.15, -0.1) is 0 Å². The number of carboxylic acid groups (broad SMARTS) is 1. The molecule has 48 heavy (non-hydrogen) atoms. The summed E-state index contributed by atoms with van der Waals surface area (Å²) in [5.41, 5.74) is 2.99. The lowest BCUT2D eigenvalue weighted by molar-refractivity contribution is -0.137. The van der Waals surface area contributed by atoms with Crippen LogP contribution in [-0.2, 0) is 27.5 Å². The highest BCUT2D eigenvalue weighted by Crippen LogP contribution is 2.28. The van der Waals surface area contributed by atoms with Gasteiger partial charge in [0, 0.05) is 25.8 Å². The van der Waals surface area contributed by atoms with Gasteiger partial charge in [-0.05, 0) is 47.0 Å². The molecule has 0 aromatic heterocycles. The fourth-order valence-electron chi connectivity index (χ4n) is 5.40. The van der Waals surface area contributed by atoms with Gasteiger partial charge in [0.15, 0.2) is 0 Å². The van der Waals surface area contributed by atoms with Crippen LogP contribution in [0.3, 0.4) is 0 Å². The van der Waals surface area contributed by atoms with Crippen molar-refractivity contribution < 1.29 is 34.2 Å². The molecule has 12 nitrogen and oxygen atoms in total. The highest BCUT2D eigenvalue weighted by Gasteiger charge is 2.32. The first-order valence-corrected chi connectivity index (χ1v) is 15.2. The van der Waals surface area contributed by atoms with Crippen molar-refractivity contribution in [3.63, 3.8) is 0 Å². The van der Waals surface area contributed by atoms with Crippen LogP contribution in [0.25, 0.3) is 0 Å². The first kappa shape index (κ1) is 33.2. The number of nitrogens with one attached hydrogen (secondary N) is 2. The van der Waals surface area contributed by atoms with Gasteiger partial charge < -0.3 is 35.5 Å². The second-order valence-corrected chi connectivity index (χ2v) is 11.4. The summed E-state index contributed by atoms with van der Waals surface area (Å²) in [4.78, 5) is 69.2. The summed E-state index contributed by atoms with van der Waals surface area (Å²) in [5, 5.41) is 24.6. The molecule has 0 saturated heterocycles. The van der Waals surface area contributed by atoms with Gasteiger partial charge in [-0.3, -0.25) is 19.2 Å². The third-order valence-electron chi connectivity index (χ3n) is 7.89. The Hall–Kier alpha value is -6.17. The molecule has 0 bridgehead atoms. The van der Waals surface area contributed by atoms with Gasteiger partial charge >= 0.3 is 12.0 Å². The first-order chi connectivity index (χ1) is 23.1. The van der Waals surface area contributed by atoms with Crippen LogP contribution >= 0.6 is 0 Å². The summed E-state index contributed by atoms with van der Waals surface area (Å²) in [6.45, 7) is -0.360. The number of carboxylic acids is 1. The number of likely N-dealkylation sites (N-methyl/N-ethyl adjacent to an activating group) is 1. The molecule has 1 aliphatic heterocycles. The fourth-order valence-corrected chi connectivity index (χ4v) is 5.40. The molecule has 5 amide bonds. The molecule has 12 heteroatoms. The number of phenols is 1. The third-order valence-corrected chi connectivity index (χ3v) is 7.89. The molecular weight excluding hydrogens is 614 g/mol. The van der Waals surface area contributed by atoms with E-state index in [2.05, 4.69) is 10.6 Å². The molecule has 4 aromatic rings. The summed E-state index contributed by atoms with van der Waals surface area (Å²) in [6, 6.07) is 27.9. The van der Waals surface area contributed by atoms with E-state index in [1.807, 2.05) is 30.3 Å². The number of urea groups is 1. The maximum absolute atomic E-state index is 13.8. The van der Waals surface area contributed by atoms with E-state index in [0.717, 1.165) is 16.0 Å². The Morgan fingerprint density at radius 1 is 0.854 bits per heavy atom. The fraction of sp³-hybridized carbons (Fsp3) is 0.194. The van der Waals surface area contributed by atoms with E-state index in [1.165, 1.54) is 18.0 Å². The molecule has 246 valence electrons. The smallest absolute Gasteiger partial charge is 0.322 e. The number of nitrogens with zero attached hydrogens (tertiary/aromatic N) is 3.